The first kappa shape index (κ1) is 19.2. The molecule has 1 N–H and O–H groups in total. The van der Waals surface area contributed by atoms with Crippen LogP contribution in [0.5, 0.6) is 5.75 Å². The summed E-state index contributed by atoms with van der Waals surface area (Å²) < 4.78 is 37.8. The summed E-state index contributed by atoms with van der Waals surface area (Å²) in [6.07, 6.45) is 1.60. The fourth-order valence-electron chi connectivity index (χ4n) is 3.09. The molecule has 0 atom stereocenters. The smallest absolute Gasteiger partial charge is 0.261 e. The Morgan fingerprint density at radius 3 is 2.56 bits per heavy atom. The highest BCUT2D eigenvalue weighted by Crippen LogP contribution is 2.30. The molecule has 2 aromatic carbocycles. The summed E-state index contributed by atoms with van der Waals surface area (Å²) in [5.74, 6) is 0.480. The van der Waals surface area contributed by atoms with Crippen molar-refractivity contribution in [3.05, 3.63) is 48.0 Å². The maximum absolute atomic E-state index is 12.6. The van der Waals surface area contributed by atoms with Gasteiger partial charge in [0.2, 0.25) is 0 Å². The molecule has 7 nitrogen and oxygen atoms in total. The number of sulfonamides is 1. The number of carbonyl (C=O) groups excluding carboxylic acids is 1. The first-order chi connectivity index (χ1) is 12.9. The zero-order valence-corrected chi connectivity index (χ0v) is 16.1. The lowest BCUT2D eigenvalue weighted by atomic mass is 10.0. The SMILES string of the molecule is COCC(=O)N1CCCc2cc(NS(=O)(=O)c3ccc(OC)cc3)ccc21. The number of hydrogen-bond acceptors (Lipinski definition) is 5. The van der Waals surface area contributed by atoms with Crippen LogP contribution in [0.25, 0.3) is 0 Å². The van der Waals surface area contributed by atoms with E-state index in [1.165, 1.54) is 26.4 Å². The number of ether oxygens (including phenoxy) is 2. The minimum Gasteiger partial charge on any atom is -0.497 e. The largest absolute Gasteiger partial charge is 0.497 e. The highest BCUT2D eigenvalue weighted by molar-refractivity contribution is 7.92. The Balaban J connectivity index is 1.83. The summed E-state index contributed by atoms with van der Waals surface area (Å²) >= 11 is 0. The molecule has 0 aliphatic carbocycles. The molecule has 0 aromatic heterocycles. The third-order valence-electron chi connectivity index (χ3n) is 4.39. The Morgan fingerprint density at radius 2 is 1.89 bits per heavy atom. The van der Waals surface area contributed by atoms with Gasteiger partial charge in [-0.3, -0.25) is 9.52 Å². The van der Waals surface area contributed by atoms with Gasteiger partial charge in [0.15, 0.2) is 0 Å². The molecule has 0 spiro atoms. The third-order valence-corrected chi connectivity index (χ3v) is 5.79. The number of amides is 1. The maximum atomic E-state index is 12.6. The fourth-order valence-corrected chi connectivity index (χ4v) is 4.14. The summed E-state index contributed by atoms with van der Waals surface area (Å²) in [5.41, 5.74) is 2.20. The first-order valence-electron chi connectivity index (χ1n) is 8.53. The predicted octanol–water partition coefficient (Wildman–Crippen LogP) is 2.42. The van der Waals surface area contributed by atoms with E-state index in [0.29, 0.717) is 18.0 Å². The second-order valence-corrected chi connectivity index (χ2v) is 7.89. The van der Waals surface area contributed by atoms with Crippen LogP contribution >= 0.6 is 0 Å². The quantitative estimate of drug-likeness (QED) is 0.819. The van der Waals surface area contributed by atoms with E-state index in [0.717, 1.165) is 24.1 Å². The first-order valence-corrected chi connectivity index (χ1v) is 10.0. The standard InChI is InChI=1S/C19H22N2O5S/c1-25-13-19(22)21-11-3-4-14-12-15(5-10-18(14)21)20-27(23,24)17-8-6-16(26-2)7-9-17/h5-10,12,20H,3-4,11,13H2,1-2H3. The number of rotatable bonds is 6. The van der Waals surface area contributed by atoms with E-state index in [9.17, 15) is 13.2 Å². The molecule has 3 rings (SSSR count). The van der Waals surface area contributed by atoms with Crippen LogP contribution < -0.4 is 14.4 Å². The van der Waals surface area contributed by atoms with Crippen molar-refractivity contribution >= 4 is 27.3 Å². The molecule has 0 fully saturated rings. The Morgan fingerprint density at radius 1 is 1.15 bits per heavy atom. The lowest BCUT2D eigenvalue weighted by molar-refractivity contribution is -0.122. The second kappa shape index (κ2) is 7.98. The van der Waals surface area contributed by atoms with Gasteiger partial charge in [-0.1, -0.05) is 0 Å². The van der Waals surface area contributed by atoms with Gasteiger partial charge in [0.25, 0.3) is 15.9 Å². The van der Waals surface area contributed by atoms with Gasteiger partial charge in [-0.25, -0.2) is 8.42 Å². The van der Waals surface area contributed by atoms with Crippen molar-refractivity contribution in [2.75, 3.05) is 37.0 Å². The minimum atomic E-state index is -3.71. The number of nitrogens with zero attached hydrogens (tertiary/aromatic N) is 1. The Labute approximate surface area is 158 Å². The van der Waals surface area contributed by atoms with Gasteiger partial charge in [-0.05, 0) is 60.9 Å². The molecule has 2 aromatic rings. The van der Waals surface area contributed by atoms with Gasteiger partial charge in [0.1, 0.15) is 12.4 Å². The van der Waals surface area contributed by atoms with Crippen LogP contribution in [-0.4, -0.2) is 41.7 Å². The normalized spacial score (nSPS) is 13.8. The summed E-state index contributed by atoms with van der Waals surface area (Å²) in [6, 6.07) is 11.4. The van der Waals surface area contributed by atoms with Crippen LogP contribution in [0.15, 0.2) is 47.4 Å². The number of methoxy groups -OCH3 is 2. The van der Waals surface area contributed by atoms with E-state index in [1.54, 1.807) is 35.2 Å². The van der Waals surface area contributed by atoms with E-state index in [-0.39, 0.29) is 17.4 Å². The minimum absolute atomic E-state index is 0.0191. The second-order valence-electron chi connectivity index (χ2n) is 6.21. The molecule has 0 saturated carbocycles. The van der Waals surface area contributed by atoms with E-state index < -0.39 is 10.0 Å². The van der Waals surface area contributed by atoms with Gasteiger partial charge in [-0.2, -0.15) is 0 Å². The van der Waals surface area contributed by atoms with Crippen LogP contribution in [0, 0.1) is 0 Å². The molecular weight excluding hydrogens is 368 g/mol. The molecule has 1 amide bonds. The van der Waals surface area contributed by atoms with Gasteiger partial charge in [0, 0.05) is 25.0 Å². The van der Waals surface area contributed by atoms with Gasteiger partial charge in [0.05, 0.1) is 12.0 Å². The Hall–Kier alpha value is -2.58. The van der Waals surface area contributed by atoms with Crippen molar-refractivity contribution in [1.82, 2.24) is 0 Å². The van der Waals surface area contributed by atoms with Crippen LogP contribution in [0.3, 0.4) is 0 Å². The molecule has 1 aliphatic rings. The van der Waals surface area contributed by atoms with E-state index >= 15 is 0 Å². The molecule has 0 bridgehead atoms. The highest BCUT2D eigenvalue weighted by atomic mass is 32.2. The number of fused-ring (bicyclic) bond motifs is 1. The van der Waals surface area contributed by atoms with Crippen molar-refractivity contribution in [1.29, 1.82) is 0 Å². The number of benzene rings is 2. The van der Waals surface area contributed by atoms with Crippen molar-refractivity contribution in [3.8, 4) is 5.75 Å². The summed E-state index contributed by atoms with van der Waals surface area (Å²) in [5, 5.41) is 0. The molecule has 1 aliphatic heterocycles. The van der Waals surface area contributed by atoms with Crippen LogP contribution in [0.4, 0.5) is 11.4 Å². The number of aryl methyl sites for hydroxylation is 1. The number of nitrogens with one attached hydrogen (secondary N) is 1. The van der Waals surface area contributed by atoms with E-state index in [2.05, 4.69) is 4.72 Å². The van der Waals surface area contributed by atoms with Crippen molar-refractivity contribution in [2.45, 2.75) is 17.7 Å². The maximum Gasteiger partial charge on any atom is 0.261 e. The number of hydrogen-bond donors (Lipinski definition) is 1. The zero-order valence-electron chi connectivity index (χ0n) is 15.3. The molecule has 27 heavy (non-hydrogen) atoms. The fraction of sp³-hybridized carbons (Fsp3) is 0.316. The number of carbonyl (C=O) groups is 1. The molecule has 1 heterocycles. The van der Waals surface area contributed by atoms with E-state index in [4.69, 9.17) is 9.47 Å². The van der Waals surface area contributed by atoms with Gasteiger partial charge in [-0.15, -0.1) is 0 Å². The molecule has 0 saturated heterocycles. The topological polar surface area (TPSA) is 84.9 Å². The van der Waals surface area contributed by atoms with Crippen molar-refractivity contribution in [3.63, 3.8) is 0 Å². The lowest BCUT2D eigenvalue weighted by Crippen LogP contribution is -2.37. The van der Waals surface area contributed by atoms with Crippen LogP contribution in [0.1, 0.15) is 12.0 Å². The zero-order chi connectivity index (χ0) is 19.4. The predicted molar refractivity (Wildman–Crippen MR) is 103 cm³/mol. The average molecular weight is 390 g/mol. The monoisotopic (exact) mass is 390 g/mol. The summed E-state index contributed by atoms with van der Waals surface area (Å²) in [7, 11) is -0.700. The lowest BCUT2D eigenvalue weighted by Gasteiger charge is -2.29. The molecule has 144 valence electrons. The molecule has 0 radical (unpaired) electrons. The summed E-state index contributed by atoms with van der Waals surface area (Å²) in [6.45, 7) is 0.650. The van der Waals surface area contributed by atoms with Crippen LogP contribution in [0.2, 0.25) is 0 Å². The Bertz CT molecular complexity index is 926. The van der Waals surface area contributed by atoms with Crippen LogP contribution in [-0.2, 0) is 26.0 Å². The van der Waals surface area contributed by atoms with E-state index in [1.807, 2.05) is 0 Å². The van der Waals surface area contributed by atoms with Gasteiger partial charge < -0.3 is 14.4 Å². The van der Waals surface area contributed by atoms with Crippen molar-refractivity contribution in [2.24, 2.45) is 0 Å². The molecule has 8 heteroatoms. The van der Waals surface area contributed by atoms with Gasteiger partial charge >= 0.3 is 0 Å². The average Bonchev–Trinajstić information content (AvgIpc) is 2.67. The highest BCUT2D eigenvalue weighted by Gasteiger charge is 2.23. The number of anilines is 2. The van der Waals surface area contributed by atoms with Crippen molar-refractivity contribution < 1.29 is 22.7 Å². The Kier molecular flexibility index (Phi) is 5.67. The third kappa shape index (κ3) is 4.23. The molecule has 0 unspecified atom stereocenters. The summed E-state index contributed by atoms with van der Waals surface area (Å²) in [4.78, 5) is 14.0. The molecular formula is C19H22N2O5S.